The first-order valence-electron chi connectivity index (χ1n) is 9.63. The molecule has 1 fully saturated rings. The molecule has 0 aromatic heterocycles. The Bertz CT molecular complexity index is 1160. The van der Waals surface area contributed by atoms with Crippen LogP contribution in [0, 0.1) is 6.92 Å². The number of nitrogens with zero attached hydrogens (tertiary/aromatic N) is 2. The molecule has 4 rings (SSSR count). The summed E-state index contributed by atoms with van der Waals surface area (Å²) in [6.07, 6.45) is 3.27. The summed E-state index contributed by atoms with van der Waals surface area (Å²) < 4.78 is 55.2. The minimum Gasteiger partial charge on any atom is -0.266 e. The van der Waals surface area contributed by atoms with Crippen LogP contribution in [0.5, 0.6) is 0 Å². The van der Waals surface area contributed by atoms with Gasteiger partial charge in [-0.15, -0.1) is 0 Å². The zero-order chi connectivity index (χ0) is 20.8. The summed E-state index contributed by atoms with van der Waals surface area (Å²) in [4.78, 5) is 0.444. The lowest BCUT2D eigenvalue weighted by Crippen LogP contribution is -2.35. The number of benzene rings is 2. The number of halogens is 1. The van der Waals surface area contributed by atoms with Crippen LogP contribution in [0.3, 0.4) is 0 Å². The zero-order valence-corrected chi connectivity index (χ0v) is 18.5. The topological polar surface area (TPSA) is 74.8 Å². The zero-order valence-electron chi connectivity index (χ0n) is 16.1. The molecule has 2 aliphatic heterocycles. The van der Waals surface area contributed by atoms with Crippen molar-refractivity contribution in [1.82, 2.24) is 4.31 Å². The predicted octanol–water partition coefficient (Wildman–Crippen LogP) is 3.57. The molecule has 2 heterocycles. The molecule has 2 aromatic carbocycles. The van der Waals surface area contributed by atoms with Gasteiger partial charge in [0.15, 0.2) is 0 Å². The van der Waals surface area contributed by atoms with E-state index < -0.39 is 20.0 Å². The summed E-state index contributed by atoms with van der Waals surface area (Å²) in [7, 11) is -7.30. The third-order valence-corrected chi connectivity index (χ3v) is 9.66. The lowest BCUT2D eigenvalue weighted by atomic mass is 10.2. The maximum atomic E-state index is 13.2. The van der Waals surface area contributed by atoms with Crippen LogP contribution in [0.4, 0.5) is 5.69 Å². The van der Waals surface area contributed by atoms with E-state index in [0.29, 0.717) is 35.8 Å². The van der Waals surface area contributed by atoms with Crippen molar-refractivity contribution < 1.29 is 16.8 Å². The Balaban J connectivity index is 1.68. The van der Waals surface area contributed by atoms with Gasteiger partial charge in [0.2, 0.25) is 10.0 Å². The number of fused-ring (bicyclic) bond motifs is 1. The standard InChI is InChI=1S/C20H23ClN2O4S2/c1-15-13-17(21)5-8-20(15)29(26,27)23-12-9-16-14-18(6-7-19(16)23)28(24,25)22-10-3-2-4-11-22/h5-8,13-14H,2-4,9-12H2,1H3. The van der Waals surface area contributed by atoms with Crippen molar-refractivity contribution in [2.45, 2.75) is 42.4 Å². The van der Waals surface area contributed by atoms with Crippen molar-refractivity contribution in [3.05, 3.63) is 52.5 Å². The summed E-state index contributed by atoms with van der Waals surface area (Å²) in [6.45, 7) is 3.07. The van der Waals surface area contributed by atoms with Gasteiger partial charge in [-0.05, 0) is 73.7 Å². The van der Waals surface area contributed by atoms with Crippen LogP contribution in [0.15, 0.2) is 46.2 Å². The lowest BCUT2D eigenvalue weighted by molar-refractivity contribution is 0.346. The minimum absolute atomic E-state index is 0.208. The second-order valence-electron chi connectivity index (χ2n) is 7.49. The highest BCUT2D eigenvalue weighted by molar-refractivity contribution is 7.93. The lowest BCUT2D eigenvalue weighted by Gasteiger charge is -2.26. The van der Waals surface area contributed by atoms with Gasteiger partial charge in [-0.1, -0.05) is 18.0 Å². The normalized spacial score (nSPS) is 18.1. The molecule has 0 spiro atoms. The molecule has 0 atom stereocenters. The number of hydrogen-bond acceptors (Lipinski definition) is 4. The van der Waals surface area contributed by atoms with E-state index in [1.807, 2.05) is 0 Å². The van der Waals surface area contributed by atoms with E-state index in [0.717, 1.165) is 24.8 Å². The second kappa shape index (κ2) is 7.58. The summed E-state index contributed by atoms with van der Waals surface area (Å²) in [5, 5.41) is 0.482. The number of aryl methyl sites for hydroxylation is 1. The Morgan fingerprint density at radius 2 is 1.59 bits per heavy atom. The van der Waals surface area contributed by atoms with Crippen molar-refractivity contribution in [1.29, 1.82) is 0 Å². The molecule has 0 bridgehead atoms. The van der Waals surface area contributed by atoms with Crippen molar-refractivity contribution in [3.63, 3.8) is 0 Å². The van der Waals surface area contributed by atoms with Crippen LogP contribution in [-0.2, 0) is 26.5 Å². The number of hydrogen-bond donors (Lipinski definition) is 0. The first-order chi connectivity index (χ1) is 13.7. The number of anilines is 1. The average Bonchev–Trinajstić information content (AvgIpc) is 3.12. The van der Waals surface area contributed by atoms with E-state index in [2.05, 4.69) is 0 Å². The number of piperidine rings is 1. The fourth-order valence-electron chi connectivity index (χ4n) is 4.03. The van der Waals surface area contributed by atoms with Crippen LogP contribution >= 0.6 is 11.6 Å². The molecule has 0 N–H and O–H groups in total. The van der Waals surface area contributed by atoms with Gasteiger partial charge in [-0.3, -0.25) is 4.31 Å². The Kier molecular flexibility index (Phi) is 5.40. The van der Waals surface area contributed by atoms with Crippen molar-refractivity contribution >= 4 is 37.3 Å². The fraction of sp³-hybridized carbons (Fsp3) is 0.400. The van der Waals surface area contributed by atoms with Gasteiger partial charge >= 0.3 is 0 Å². The Labute approximate surface area is 177 Å². The molecule has 0 amide bonds. The van der Waals surface area contributed by atoms with E-state index >= 15 is 0 Å². The Morgan fingerprint density at radius 3 is 2.28 bits per heavy atom. The molecule has 2 aliphatic rings. The first kappa shape index (κ1) is 20.7. The van der Waals surface area contributed by atoms with Crippen molar-refractivity contribution in [2.75, 3.05) is 23.9 Å². The van der Waals surface area contributed by atoms with Gasteiger partial charge in [0.25, 0.3) is 10.0 Å². The third-order valence-electron chi connectivity index (χ3n) is 5.56. The van der Waals surface area contributed by atoms with Crippen LogP contribution in [-0.4, -0.2) is 40.8 Å². The Hall–Kier alpha value is -1.61. The first-order valence-corrected chi connectivity index (χ1v) is 12.9. The highest BCUT2D eigenvalue weighted by atomic mass is 35.5. The quantitative estimate of drug-likeness (QED) is 0.707. The maximum absolute atomic E-state index is 13.2. The molecule has 0 radical (unpaired) electrons. The summed E-state index contributed by atoms with van der Waals surface area (Å²) >= 11 is 5.96. The molecule has 156 valence electrons. The molecule has 0 saturated carbocycles. The average molecular weight is 455 g/mol. The van der Waals surface area contributed by atoms with Gasteiger partial charge in [0.1, 0.15) is 0 Å². The minimum atomic E-state index is -3.75. The molecule has 0 aliphatic carbocycles. The van der Waals surface area contributed by atoms with E-state index in [1.54, 1.807) is 31.2 Å². The van der Waals surface area contributed by atoms with Crippen molar-refractivity contribution in [3.8, 4) is 0 Å². The highest BCUT2D eigenvalue weighted by Gasteiger charge is 2.34. The largest absolute Gasteiger partial charge is 0.266 e. The SMILES string of the molecule is Cc1cc(Cl)ccc1S(=O)(=O)N1CCc2cc(S(=O)(=O)N3CCCCC3)ccc21. The fourth-order valence-corrected chi connectivity index (χ4v) is 7.54. The smallest absolute Gasteiger partial charge is 0.264 e. The number of sulfonamides is 2. The summed E-state index contributed by atoms with van der Waals surface area (Å²) in [6, 6.07) is 9.46. The molecule has 1 saturated heterocycles. The van der Waals surface area contributed by atoms with Crippen LogP contribution in [0.1, 0.15) is 30.4 Å². The van der Waals surface area contributed by atoms with Crippen LogP contribution in [0.25, 0.3) is 0 Å². The van der Waals surface area contributed by atoms with Crippen LogP contribution in [0.2, 0.25) is 5.02 Å². The molecule has 6 nitrogen and oxygen atoms in total. The Morgan fingerprint density at radius 1 is 0.862 bits per heavy atom. The number of rotatable bonds is 4. The van der Waals surface area contributed by atoms with E-state index in [1.165, 1.54) is 20.7 Å². The monoisotopic (exact) mass is 454 g/mol. The summed E-state index contributed by atoms with van der Waals surface area (Å²) in [5.74, 6) is 0. The molecular formula is C20H23ClN2O4S2. The third kappa shape index (κ3) is 3.67. The molecule has 29 heavy (non-hydrogen) atoms. The van der Waals surface area contributed by atoms with Gasteiger partial charge in [0.05, 0.1) is 15.5 Å². The molecule has 9 heteroatoms. The van der Waals surface area contributed by atoms with Gasteiger partial charge < -0.3 is 0 Å². The summed E-state index contributed by atoms with van der Waals surface area (Å²) in [5.41, 5.74) is 1.85. The van der Waals surface area contributed by atoms with E-state index in [9.17, 15) is 16.8 Å². The van der Waals surface area contributed by atoms with E-state index in [4.69, 9.17) is 11.6 Å². The van der Waals surface area contributed by atoms with E-state index in [-0.39, 0.29) is 16.3 Å². The van der Waals surface area contributed by atoms with Crippen LogP contribution < -0.4 is 4.31 Å². The molecule has 2 aromatic rings. The predicted molar refractivity (Wildman–Crippen MR) is 113 cm³/mol. The second-order valence-corrected chi connectivity index (χ2v) is 11.7. The highest BCUT2D eigenvalue weighted by Crippen LogP contribution is 2.36. The van der Waals surface area contributed by atoms with Gasteiger partial charge in [0, 0.05) is 24.7 Å². The van der Waals surface area contributed by atoms with Crippen molar-refractivity contribution in [2.24, 2.45) is 0 Å². The van der Waals surface area contributed by atoms with Gasteiger partial charge in [-0.25, -0.2) is 16.8 Å². The maximum Gasteiger partial charge on any atom is 0.264 e. The molecule has 0 unspecified atom stereocenters. The molecular weight excluding hydrogens is 432 g/mol. The van der Waals surface area contributed by atoms with Gasteiger partial charge in [-0.2, -0.15) is 4.31 Å².